The van der Waals surface area contributed by atoms with Gasteiger partial charge in [0, 0.05) is 29.6 Å². The van der Waals surface area contributed by atoms with Crippen LogP contribution >= 0.6 is 35.6 Å². The molecule has 9 heteroatoms. The van der Waals surface area contributed by atoms with Crippen LogP contribution < -0.4 is 10.6 Å². The van der Waals surface area contributed by atoms with Gasteiger partial charge in [0.05, 0.1) is 6.54 Å². The fraction of sp³-hybridized carbons (Fsp3) is 0.591. The van der Waals surface area contributed by atoms with Gasteiger partial charge < -0.3 is 20.1 Å². The van der Waals surface area contributed by atoms with E-state index in [-0.39, 0.29) is 24.0 Å². The minimum Gasteiger partial charge on any atom is -0.357 e. The normalized spacial score (nSPS) is 12.5. The first-order valence-corrected chi connectivity index (χ1v) is 11.3. The second kappa shape index (κ2) is 15.4. The van der Waals surface area contributed by atoms with E-state index >= 15 is 0 Å². The van der Waals surface area contributed by atoms with Crippen LogP contribution in [-0.2, 0) is 6.42 Å². The van der Waals surface area contributed by atoms with Crippen molar-refractivity contribution in [1.82, 2.24) is 25.7 Å². The van der Waals surface area contributed by atoms with Gasteiger partial charge in [0.2, 0.25) is 11.7 Å². The number of aromatic nitrogens is 2. The molecule has 174 valence electrons. The van der Waals surface area contributed by atoms with Crippen LogP contribution in [-0.4, -0.2) is 59.8 Å². The zero-order valence-electron chi connectivity index (χ0n) is 19.0. The van der Waals surface area contributed by atoms with Gasteiger partial charge in [0.25, 0.3) is 0 Å². The molecule has 0 fully saturated rings. The summed E-state index contributed by atoms with van der Waals surface area (Å²) < 4.78 is 5.36. The van der Waals surface area contributed by atoms with Crippen LogP contribution in [0.4, 0.5) is 0 Å². The molecule has 7 nitrogen and oxygen atoms in total. The molecule has 0 amide bonds. The third-order valence-electron chi connectivity index (χ3n) is 4.88. The number of benzene rings is 1. The van der Waals surface area contributed by atoms with E-state index in [1.807, 2.05) is 24.3 Å². The highest BCUT2D eigenvalue weighted by Crippen LogP contribution is 2.19. The molecule has 0 radical (unpaired) electrons. The summed E-state index contributed by atoms with van der Waals surface area (Å²) in [6.07, 6.45) is 2.86. The Labute approximate surface area is 208 Å². The van der Waals surface area contributed by atoms with Crippen molar-refractivity contribution < 1.29 is 4.52 Å². The van der Waals surface area contributed by atoms with E-state index in [9.17, 15) is 0 Å². The lowest BCUT2D eigenvalue weighted by atomic mass is 10.2. The molecular weight excluding hydrogens is 527 g/mol. The molecule has 1 aromatic heterocycles. The summed E-state index contributed by atoms with van der Waals surface area (Å²) in [5.74, 6) is 1.93. The first-order chi connectivity index (χ1) is 14.5. The van der Waals surface area contributed by atoms with Crippen LogP contribution in [0.15, 0.2) is 33.8 Å². The maximum atomic E-state index is 6.03. The van der Waals surface area contributed by atoms with E-state index in [0.717, 1.165) is 44.1 Å². The molecular formula is C22H36ClIN6O. The van der Waals surface area contributed by atoms with E-state index in [1.165, 1.54) is 6.42 Å². The van der Waals surface area contributed by atoms with Crippen LogP contribution in [0.25, 0.3) is 11.4 Å². The fourth-order valence-electron chi connectivity index (χ4n) is 3.15. The van der Waals surface area contributed by atoms with Crippen molar-refractivity contribution >= 4 is 41.5 Å². The third-order valence-corrected chi connectivity index (χ3v) is 5.11. The summed E-state index contributed by atoms with van der Waals surface area (Å²) in [4.78, 5) is 11.6. The van der Waals surface area contributed by atoms with Crippen molar-refractivity contribution in [3.63, 3.8) is 0 Å². The van der Waals surface area contributed by atoms with Crippen molar-refractivity contribution in [3.8, 4) is 11.4 Å². The molecule has 0 spiro atoms. The highest BCUT2D eigenvalue weighted by Gasteiger charge is 2.10. The molecule has 0 saturated carbocycles. The average Bonchev–Trinajstić information content (AvgIpc) is 3.20. The van der Waals surface area contributed by atoms with Gasteiger partial charge in [-0.05, 0) is 58.5 Å². The summed E-state index contributed by atoms with van der Waals surface area (Å²) in [5.41, 5.74) is 0.842. The molecule has 1 unspecified atom stereocenters. The van der Waals surface area contributed by atoms with Gasteiger partial charge in [0.1, 0.15) is 0 Å². The Morgan fingerprint density at radius 2 is 2.03 bits per heavy atom. The predicted octanol–water partition coefficient (Wildman–Crippen LogP) is 4.62. The monoisotopic (exact) mass is 562 g/mol. The molecule has 0 bridgehead atoms. The van der Waals surface area contributed by atoms with Gasteiger partial charge in [-0.2, -0.15) is 4.98 Å². The van der Waals surface area contributed by atoms with E-state index in [0.29, 0.717) is 35.7 Å². The largest absolute Gasteiger partial charge is 0.357 e. The number of aliphatic imine (C=N–C) groups is 1. The minimum atomic E-state index is 0. The maximum Gasteiger partial charge on any atom is 0.228 e. The lowest BCUT2D eigenvalue weighted by Crippen LogP contribution is -2.42. The number of nitrogens with zero attached hydrogens (tertiary/aromatic N) is 4. The number of guanidine groups is 1. The molecule has 0 aliphatic rings. The van der Waals surface area contributed by atoms with Crippen molar-refractivity contribution in [2.75, 3.05) is 32.7 Å². The Bertz CT molecular complexity index is 781. The Morgan fingerprint density at radius 3 is 2.71 bits per heavy atom. The smallest absolute Gasteiger partial charge is 0.228 e. The topological polar surface area (TPSA) is 78.6 Å². The van der Waals surface area contributed by atoms with Crippen molar-refractivity contribution in [2.45, 2.75) is 53.0 Å². The molecule has 0 aliphatic heterocycles. The number of hydrogen-bond acceptors (Lipinski definition) is 5. The highest BCUT2D eigenvalue weighted by atomic mass is 127. The summed E-state index contributed by atoms with van der Waals surface area (Å²) in [5, 5.41) is 11.5. The van der Waals surface area contributed by atoms with Crippen LogP contribution in [0, 0.1) is 0 Å². The van der Waals surface area contributed by atoms with Crippen molar-refractivity contribution in [1.29, 1.82) is 0 Å². The molecule has 0 saturated heterocycles. The zero-order chi connectivity index (χ0) is 21.8. The summed E-state index contributed by atoms with van der Waals surface area (Å²) in [7, 11) is 0. The molecule has 1 atom stereocenters. The predicted molar refractivity (Wildman–Crippen MR) is 139 cm³/mol. The summed E-state index contributed by atoms with van der Waals surface area (Å²) in [6.45, 7) is 13.4. The summed E-state index contributed by atoms with van der Waals surface area (Å²) in [6, 6.07) is 7.78. The van der Waals surface area contributed by atoms with Crippen LogP contribution in [0.5, 0.6) is 0 Å². The quantitative estimate of drug-likeness (QED) is 0.223. The Hall–Kier alpha value is -1.39. The second-order valence-corrected chi connectivity index (χ2v) is 7.68. The van der Waals surface area contributed by atoms with Gasteiger partial charge in [-0.3, -0.25) is 4.99 Å². The van der Waals surface area contributed by atoms with Crippen LogP contribution in [0.1, 0.15) is 46.4 Å². The summed E-state index contributed by atoms with van der Waals surface area (Å²) >= 11 is 6.03. The Balaban J connectivity index is 0.00000480. The lowest BCUT2D eigenvalue weighted by Gasteiger charge is -2.21. The Morgan fingerprint density at radius 1 is 1.26 bits per heavy atom. The van der Waals surface area contributed by atoms with Crippen molar-refractivity contribution in [2.24, 2.45) is 4.99 Å². The zero-order valence-corrected chi connectivity index (χ0v) is 22.1. The third kappa shape index (κ3) is 10.2. The number of nitrogens with one attached hydrogen (secondary N) is 2. The second-order valence-electron chi connectivity index (χ2n) is 7.25. The first-order valence-electron chi connectivity index (χ1n) is 10.9. The number of hydrogen-bond donors (Lipinski definition) is 2. The minimum absolute atomic E-state index is 0. The average molecular weight is 563 g/mol. The molecule has 31 heavy (non-hydrogen) atoms. The van der Waals surface area contributed by atoms with Crippen LogP contribution in [0.3, 0.4) is 0 Å². The number of halogens is 2. The number of rotatable bonds is 12. The molecule has 0 aliphatic carbocycles. The molecule has 2 rings (SSSR count). The molecule has 2 N–H and O–H groups in total. The standard InChI is InChI=1S/C22H35ClN6O.HI/c1-5-24-22(26-17(4)10-9-15-29(6-2)7-3)25-14-13-20-27-21(28-30-20)18-11-8-12-19(23)16-18;/h8,11-12,16-17H,5-7,9-10,13-15H2,1-4H3,(H2,24,25,26);1H. The van der Waals surface area contributed by atoms with Crippen LogP contribution in [0.2, 0.25) is 5.02 Å². The molecule has 1 heterocycles. The van der Waals surface area contributed by atoms with E-state index in [4.69, 9.17) is 16.1 Å². The molecule has 2 aromatic rings. The van der Waals surface area contributed by atoms with Crippen molar-refractivity contribution in [3.05, 3.63) is 35.2 Å². The molecule has 1 aromatic carbocycles. The van der Waals surface area contributed by atoms with Gasteiger partial charge in [-0.15, -0.1) is 24.0 Å². The SMILES string of the molecule is CCNC(=NCCc1nc(-c2cccc(Cl)c2)no1)NC(C)CCCN(CC)CC.I. The first kappa shape index (κ1) is 27.6. The van der Waals surface area contributed by atoms with Gasteiger partial charge in [0.15, 0.2) is 5.96 Å². The van der Waals surface area contributed by atoms with E-state index in [1.54, 1.807) is 0 Å². The Kier molecular flexibility index (Phi) is 13.7. The lowest BCUT2D eigenvalue weighted by molar-refractivity contribution is 0.292. The van der Waals surface area contributed by atoms with Gasteiger partial charge in [-0.1, -0.05) is 42.7 Å². The van der Waals surface area contributed by atoms with E-state index < -0.39 is 0 Å². The van der Waals surface area contributed by atoms with Gasteiger partial charge in [-0.25, -0.2) is 0 Å². The fourth-order valence-corrected chi connectivity index (χ4v) is 3.34. The van der Waals surface area contributed by atoms with Gasteiger partial charge >= 0.3 is 0 Å². The highest BCUT2D eigenvalue weighted by molar-refractivity contribution is 14.0. The van der Waals surface area contributed by atoms with E-state index in [2.05, 4.69) is 58.4 Å². The maximum absolute atomic E-state index is 6.03.